The molecule has 2 aromatic heterocycles. The monoisotopic (exact) mass is 526 g/mol. The zero-order valence-corrected chi connectivity index (χ0v) is 18.3. The first-order valence-corrected chi connectivity index (χ1v) is 9.99. The van der Waals surface area contributed by atoms with Gasteiger partial charge < -0.3 is 14.0 Å². The molecule has 37 heavy (non-hydrogen) atoms. The fraction of sp³-hybridized carbons (Fsp3) is 0.136. The van der Waals surface area contributed by atoms with Gasteiger partial charge >= 0.3 is 18.5 Å². The number of carbonyl (C=O) groups is 1. The van der Waals surface area contributed by atoms with Gasteiger partial charge in [0, 0.05) is 42.0 Å². The highest BCUT2D eigenvalue weighted by atomic mass is 19.4. The maximum absolute atomic E-state index is 13.0. The molecule has 0 saturated carbocycles. The van der Waals surface area contributed by atoms with Gasteiger partial charge in [-0.3, -0.25) is 14.9 Å². The molecule has 0 amide bonds. The van der Waals surface area contributed by atoms with Crippen molar-refractivity contribution in [3.05, 3.63) is 70.5 Å². The summed E-state index contributed by atoms with van der Waals surface area (Å²) in [6.45, 7) is 0. The number of carbonyl (C=O) groups excluding carboxylic acids is 1. The van der Waals surface area contributed by atoms with Crippen molar-refractivity contribution in [2.75, 3.05) is 0 Å². The molecule has 2 heterocycles. The molecule has 0 aliphatic carbocycles. The minimum Gasteiger partial charge on any atom is -0.420 e. The van der Waals surface area contributed by atoms with Crippen molar-refractivity contribution in [3.8, 4) is 28.8 Å². The number of Topliss-reactive ketones (excluding diaryl/α,β-unsaturated/α-hetero) is 1. The molecular weight excluding hydrogens is 514 g/mol. The highest BCUT2D eigenvalue weighted by Gasteiger charge is 2.44. The van der Waals surface area contributed by atoms with E-state index in [4.69, 9.17) is 4.74 Å². The maximum atomic E-state index is 13.0. The van der Waals surface area contributed by atoms with Crippen LogP contribution in [-0.4, -0.2) is 37.8 Å². The zero-order chi connectivity index (χ0) is 27.1. The Hall–Kier alpha value is -4.69. The summed E-state index contributed by atoms with van der Waals surface area (Å²) in [5.74, 6) is -5.23. The SMILES string of the molecule is Cn1cc(-c2ccnc(Oc3cc([N+](=O)[O-])c(C(=O)C(F)(F)F)cc3OC(F)(F)F)n2)c2ccccc21. The van der Waals surface area contributed by atoms with Crippen LogP contribution >= 0.6 is 0 Å². The summed E-state index contributed by atoms with van der Waals surface area (Å²) in [4.78, 5) is 29.5. The summed E-state index contributed by atoms with van der Waals surface area (Å²) in [6.07, 6.45) is -8.14. The van der Waals surface area contributed by atoms with Crippen LogP contribution in [0.25, 0.3) is 22.2 Å². The average molecular weight is 526 g/mol. The predicted octanol–water partition coefficient (Wildman–Crippen LogP) is 5.98. The van der Waals surface area contributed by atoms with Crippen LogP contribution in [0, 0.1) is 10.1 Å². The summed E-state index contributed by atoms with van der Waals surface area (Å²) in [7, 11) is 1.77. The minimum absolute atomic E-state index is 0.0642. The molecule has 0 aliphatic heterocycles. The fourth-order valence-electron chi connectivity index (χ4n) is 3.50. The van der Waals surface area contributed by atoms with Crippen LogP contribution in [0.4, 0.5) is 32.0 Å². The Morgan fingerprint density at radius 2 is 1.76 bits per heavy atom. The van der Waals surface area contributed by atoms with E-state index in [1.165, 1.54) is 12.3 Å². The number of nitro groups is 1. The molecule has 4 rings (SSSR count). The number of rotatable bonds is 6. The molecule has 0 aliphatic rings. The lowest BCUT2D eigenvalue weighted by atomic mass is 10.1. The van der Waals surface area contributed by atoms with Gasteiger partial charge in [-0.05, 0) is 12.1 Å². The van der Waals surface area contributed by atoms with Gasteiger partial charge in [0.2, 0.25) is 0 Å². The molecule has 15 heteroatoms. The van der Waals surface area contributed by atoms with Crippen LogP contribution in [0.3, 0.4) is 0 Å². The first-order valence-electron chi connectivity index (χ1n) is 9.99. The van der Waals surface area contributed by atoms with Gasteiger partial charge in [-0.2, -0.15) is 18.2 Å². The Morgan fingerprint density at radius 3 is 2.41 bits per heavy atom. The quantitative estimate of drug-likeness (QED) is 0.132. The van der Waals surface area contributed by atoms with E-state index in [0.717, 1.165) is 10.9 Å². The Bertz CT molecular complexity index is 1530. The van der Waals surface area contributed by atoms with Gasteiger partial charge in [-0.1, -0.05) is 18.2 Å². The standard InChI is InChI=1S/C22H12F6N4O5/c1-31-10-13(11-4-2-3-5-15(11)31)14-6-7-29-20(30-14)36-17-9-16(32(34)35)12(19(33)21(23,24)25)8-18(17)37-22(26,27)28/h2-10H,1H3. The van der Waals surface area contributed by atoms with E-state index in [0.29, 0.717) is 5.56 Å². The van der Waals surface area contributed by atoms with E-state index in [1.54, 1.807) is 29.9 Å². The summed E-state index contributed by atoms with van der Waals surface area (Å²) < 4.78 is 88.4. The number of benzene rings is 2. The summed E-state index contributed by atoms with van der Waals surface area (Å²) in [5, 5.41) is 12.1. The molecule has 0 radical (unpaired) electrons. The Labute approximate surface area is 202 Å². The van der Waals surface area contributed by atoms with Crippen molar-refractivity contribution < 1.29 is 45.5 Å². The van der Waals surface area contributed by atoms with Crippen molar-refractivity contribution in [2.45, 2.75) is 12.5 Å². The van der Waals surface area contributed by atoms with Crippen molar-refractivity contribution >= 4 is 22.4 Å². The maximum Gasteiger partial charge on any atom is 0.573 e. The van der Waals surface area contributed by atoms with E-state index in [2.05, 4.69) is 14.7 Å². The number of ether oxygens (including phenoxy) is 2. The first-order chi connectivity index (χ1) is 17.2. The molecular formula is C22H12F6N4O5. The van der Waals surface area contributed by atoms with Crippen LogP contribution in [0.5, 0.6) is 17.5 Å². The number of alkyl halides is 6. The molecule has 0 N–H and O–H groups in total. The third-order valence-corrected chi connectivity index (χ3v) is 4.99. The van der Waals surface area contributed by atoms with Crippen LogP contribution < -0.4 is 9.47 Å². The van der Waals surface area contributed by atoms with Crippen LogP contribution in [0.2, 0.25) is 0 Å². The Morgan fingerprint density at radius 1 is 1.05 bits per heavy atom. The molecule has 4 aromatic rings. The van der Waals surface area contributed by atoms with Gasteiger partial charge in [-0.25, -0.2) is 4.98 Å². The second kappa shape index (κ2) is 9.07. The number of fused-ring (bicyclic) bond motifs is 1. The highest BCUT2D eigenvalue weighted by Crippen LogP contribution is 2.41. The van der Waals surface area contributed by atoms with Crippen LogP contribution in [-0.2, 0) is 7.05 Å². The van der Waals surface area contributed by atoms with Crippen molar-refractivity contribution in [1.29, 1.82) is 0 Å². The van der Waals surface area contributed by atoms with Crippen LogP contribution in [0.15, 0.2) is 54.9 Å². The number of ketones is 1. The molecule has 0 bridgehead atoms. The van der Waals surface area contributed by atoms with Crippen molar-refractivity contribution in [3.63, 3.8) is 0 Å². The van der Waals surface area contributed by atoms with Gasteiger partial charge in [-0.15, -0.1) is 13.2 Å². The first kappa shape index (κ1) is 25.4. The molecule has 0 saturated heterocycles. The van der Waals surface area contributed by atoms with Gasteiger partial charge in [0.15, 0.2) is 11.5 Å². The predicted molar refractivity (Wildman–Crippen MR) is 114 cm³/mol. The number of nitro benzene ring substituents is 1. The number of aryl methyl sites for hydroxylation is 1. The fourth-order valence-corrected chi connectivity index (χ4v) is 3.50. The summed E-state index contributed by atoms with van der Waals surface area (Å²) >= 11 is 0. The molecule has 9 nitrogen and oxygen atoms in total. The lowest BCUT2D eigenvalue weighted by Gasteiger charge is -2.15. The number of hydrogen-bond donors (Lipinski definition) is 0. The van der Waals surface area contributed by atoms with E-state index < -0.39 is 52.0 Å². The number of aromatic nitrogens is 3. The largest absolute Gasteiger partial charge is 0.573 e. The summed E-state index contributed by atoms with van der Waals surface area (Å²) in [6, 6.07) is 8.22. The Kier molecular flexibility index (Phi) is 6.23. The molecule has 0 fully saturated rings. The number of halogens is 6. The third-order valence-electron chi connectivity index (χ3n) is 4.99. The van der Waals surface area contributed by atoms with Gasteiger partial charge in [0.1, 0.15) is 5.56 Å². The lowest BCUT2D eigenvalue weighted by molar-refractivity contribution is -0.385. The van der Waals surface area contributed by atoms with Gasteiger partial charge in [0.05, 0.1) is 16.7 Å². The molecule has 0 unspecified atom stereocenters. The number of hydrogen-bond acceptors (Lipinski definition) is 7. The third kappa shape index (κ3) is 5.29. The second-order valence-electron chi connectivity index (χ2n) is 7.45. The molecule has 192 valence electrons. The van der Waals surface area contributed by atoms with Gasteiger partial charge in [0.25, 0.3) is 11.5 Å². The molecule has 0 atom stereocenters. The summed E-state index contributed by atoms with van der Waals surface area (Å²) in [5.41, 5.74) is -1.45. The minimum atomic E-state index is -5.61. The topological polar surface area (TPSA) is 109 Å². The zero-order valence-electron chi connectivity index (χ0n) is 18.3. The van der Waals surface area contributed by atoms with Crippen molar-refractivity contribution in [1.82, 2.24) is 14.5 Å². The smallest absolute Gasteiger partial charge is 0.420 e. The van der Waals surface area contributed by atoms with E-state index in [9.17, 15) is 41.3 Å². The molecule has 2 aromatic carbocycles. The number of nitrogens with zero attached hydrogens (tertiary/aromatic N) is 4. The van der Waals surface area contributed by atoms with E-state index >= 15 is 0 Å². The lowest BCUT2D eigenvalue weighted by Crippen LogP contribution is -2.24. The second-order valence-corrected chi connectivity index (χ2v) is 7.45. The highest BCUT2D eigenvalue weighted by molar-refractivity contribution is 6.04. The normalized spacial score (nSPS) is 12.0. The van der Waals surface area contributed by atoms with Crippen LogP contribution in [0.1, 0.15) is 10.4 Å². The average Bonchev–Trinajstić information content (AvgIpc) is 3.14. The van der Waals surface area contributed by atoms with Crippen molar-refractivity contribution in [2.24, 2.45) is 7.05 Å². The van der Waals surface area contributed by atoms with E-state index in [-0.39, 0.29) is 17.8 Å². The Balaban J connectivity index is 1.82. The molecule has 0 spiro atoms. The number of para-hydroxylation sites is 1. The van der Waals surface area contributed by atoms with E-state index in [1.807, 2.05) is 12.1 Å².